The molecule has 0 radical (unpaired) electrons. The second-order valence-electron chi connectivity index (χ2n) is 4.62. The molecular formula is C14H16ClN3O2. The van der Waals surface area contributed by atoms with E-state index in [1.807, 2.05) is 41.0 Å². The van der Waals surface area contributed by atoms with Gasteiger partial charge in [0.05, 0.1) is 11.4 Å². The topological polar surface area (TPSA) is 66.6 Å². The van der Waals surface area contributed by atoms with E-state index in [-0.39, 0.29) is 23.8 Å². The van der Waals surface area contributed by atoms with Gasteiger partial charge in [0.15, 0.2) is 5.78 Å². The molecule has 0 saturated heterocycles. The van der Waals surface area contributed by atoms with E-state index >= 15 is 0 Å². The summed E-state index contributed by atoms with van der Waals surface area (Å²) in [5, 5.41) is 0. The molecule has 5 nitrogen and oxygen atoms in total. The lowest BCUT2D eigenvalue weighted by Gasteiger charge is -2.29. The molecule has 1 aromatic rings. The Morgan fingerprint density at radius 2 is 1.95 bits per heavy atom. The summed E-state index contributed by atoms with van der Waals surface area (Å²) in [6, 6.07) is 7.90. The van der Waals surface area contributed by atoms with Crippen LogP contribution in [0.1, 0.15) is 13.3 Å². The summed E-state index contributed by atoms with van der Waals surface area (Å²) >= 11 is 0. The van der Waals surface area contributed by atoms with Crippen LogP contribution in [0.25, 0.3) is 0 Å². The third kappa shape index (κ3) is 1.86. The minimum atomic E-state index is -0.643. The second-order valence-corrected chi connectivity index (χ2v) is 4.62. The summed E-state index contributed by atoms with van der Waals surface area (Å²) in [6.45, 7) is 3.27. The van der Waals surface area contributed by atoms with Crippen LogP contribution in [0, 0.1) is 0 Å². The fraction of sp³-hybridized carbons (Fsp3) is 0.286. The molecule has 2 heterocycles. The summed E-state index contributed by atoms with van der Waals surface area (Å²) in [7, 11) is 0. The van der Waals surface area contributed by atoms with Crippen molar-refractivity contribution in [2.45, 2.75) is 13.3 Å². The summed E-state index contributed by atoms with van der Waals surface area (Å²) in [5.41, 5.74) is 7.58. The highest BCUT2D eigenvalue weighted by atomic mass is 35.5. The molecule has 106 valence electrons. The zero-order valence-electron chi connectivity index (χ0n) is 11.1. The Morgan fingerprint density at radius 3 is 2.55 bits per heavy atom. The summed E-state index contributed by atoms with van der Waals surface area (Å²) < 4.78 is 0. The molecule has 0 saturated carbocycles. The van der Waals surface area contributed by atoms with Crippen molar-refractivity contribution in [3.63, 3.8) is 0 Å². The smallest absolute Gasteiger partial charge is 0.256 e. The fourth-order valence-electron chi connectivity index (χ4n) is 2.82. The maximum atomic E-state index is 12.0. The first-order valence-electron chi connectivity index (χ1n) is 6.36. The zero-order chi connectivity index (χ0) is 13.6. The number of halogens is 1. The third-order valence-corrected chi connectivity index (χ3v) is 3.60. The van der Waals surface area contributed by atoms with Crippen LogP contribution in [0.15, 0.2) is 35.7 Å². The van der Waals surface area contributed by atoms with E-state index in [9.17, 15) is 9.59 Å². The van der Waals surface area contributed by atoms with Gasteiger partial charge in [-0.3, -0.25) is 9.59 Å². The lowest BCUT2D eigenvalue weighted by molar-refractivity contribution is -0.121. The fourth-order valence-corrected chi connectivity index (χ4v) is 2.82. The molecule has 0 aliphatic carbocycles. The molecule has 2 N–H and O–H groups in total. The Balaban J connectivity index is 0.00000147. The van der Waals surface area contributed by atoms with E-state index in [2.05, 4.69) is 0 Å². The van der Waals surface area contributed by atoms with E-state index < -0.39 is 5.91 Å². The maximum Gasteiger partial charge on any atom is 0.256 e. The number of para-hydroxylation sites is 2. The van der Waals surface area contributed by atoms with Crippen LogP contribution in [0.5, 0.6) is 0 Å². The molecule has 0 bridgehead atoms. The van der Waals surface area contributed by atoms with Gasteiger partial charge in [0.25, 0.3) is 5.91 Å². The number of hydrogen-bond donors (Lipinski definition) is 1. The van der Waals surface area contributed by atoms with Gasteiger partial charge in [-0.1, -0.05) is 12.1 Å². The molecule has 2 aliphatic heterocycles. The van der Waals surface area contributed by atoms with Gasteiger partial charge in [-0.2, -0.15) is 0 Å². The molecule has 1 aromatic carbocycles. The van der Waals surface area contributed by atoms with Crippen LogP contribution in [0.2, 0.25) is 0 Å². The molecule has 0 aromatic heterocycles. The average molecular weight is 294 g/mol. The standard InChI is InChI=1S/C14H15N3O2.ClH/c1-2-16-9-5-3-4-6-10(9)17-8-7-11(18)12(13(15)19)14(16)17;/h3-6H,2,7-8H2,1H3,(H2,15,19);1H. The van der Waals surface area contributed by atoms with E-state index in [0.717, 1.165) is 11.4 Å². The van der Waals surface area contributed by atoms with Crippen LogP contribution < -0.4 is 15.5 Å². The molecular weight excluding hydrogens is 278 g/mol. The summed E-state index contributed by atoms with van der Waals surface area (Å²) in [6.07, 6.45) is 0.327. The molecule has 2 aliphatic rings. The van der Waals surface area contributed by atoms with Crippen LogP contribution >= 0.6 is 12.4 Å². The number of benzene rings is 1. The highest BCUT2D eigenvalue weighted by Gasteiger charge is 2.39. The minimum Gasteiger partial charge on any atom is -0.365 e. The Labute approximate surface area is 123 Å². The first-order chi connectivity index (χ1) is 9.15. The largest absolute Gasteiger partial charge is 0.365 e. The SMILES string of the molecule is CCN1C2=C(C(N)=O)C(=O)CCN2c2ccccc21.Cl. The van der Waals surface area contributed by atoms with Crippen molar-refractivity contribution in [2.24, 2.45) is 5.73 Å². The second kappa shape index (κ2) is 5.17. The lowest BCUT2D eigenvalue weighted by atomic mass is 10.0. The average Bonchev–Trinajstić information content (AvgIpc) is 2.71. The number of anilines is 2. The minimum absolute atomic E-state index is 0. The first kappa shape index (κ1) is 14.4. The summed E-state index contributed by atoms with van der Waals surface area (Å²) in [4.78, 5) is 27.6. The van der Waals surface area contributed by atoms with E-state index in [4.69, 9.17) is 5.73 Å². The number of hydrogen-bond acceptors (Lipinski definition) is 4. The van der Waals surface area contributed by atoms with Gasteiger partial charge in [0.1, 0.15) is 11.4 Å². The number of nitrogens with two attached hydrogens (primary N) is 1. The van der Waals surface area contributed by atoms with Crippen LogP contribution in [0.4, 0.5) is 11.4 Å². The highest BCUT2D eigenvalue weighted by molar-refractivity contribution is 6.21. The van der Waals surface area contributed by atoms with E-state index in [1.54, 1.807) is 0 Å². The van der Waals surface area contributed by atoms with Crippen molar-refractivity contribution in [3.05, 3.63) is 35.7 Å². The Hall–Kier alpha value is -2.01. The Morgan fingerprint density at radius 1 is 1.30 bits per heavy atom. The van der Waals surface area contributed by atoms with Crippen molar-refractivity contribution in [1.29, 1.82) is 0 Å². The van der Waals surface area contributed by atoms with Gasteiger partial charge >= 0.3 is 0 Å². The molecule has 0 atom stereocenters. The Bertz CT molecular complexity index is 597. The van der Waals surface area contributed by atoms with Crippen molar-refractivity contribution >= 4 is 35.5 Å². The number of rotatable bonds is 2. The monoisotopic (exact) mass is 293 g/mol. The lowest BCUT2D eigenvalue weighted by Crippen LogP contribution is -2.40. The van der Waals surface area contributed by atoms with Crippen LogP contribution in [0.3, 0.4) is 0 Å². The number of fused-ring (bicyclic) bond motifs is 3. The molecule has 3 rings (SSSR count). The molecule has 0 spiro atoms. The molecule has 0 fully saturated rings. The van der Waals surface area contributed by atoms with Crippen molar-refractivity contribution in [2.75, 3.05) is 22.9 Å². The van der Waals surface area contributed by atoms with Crippen molar-refractivity contribution < 1.29 is 9.59 Å². The van der Waals surface area contributed by atoms with E-state index in [1.165, 1.54) is 0 Å². The van der Waals surface area contributed by atoms with Gasteiger partial charge in [0, 0.05) is 19.5 Å². The van der Waals surface area contributed by atoms with Crippen LogP contribution in [-0.2, 0) is 9.59 Å². The van der Waals surface area contributed by atoms with Gasteiger partial charge in [-0.15, -0.1) is 12.4 Å². The number of primary amides is 1. The van der Waals surface area contributed by atoms with Crippen LogP contribution in [-0.4, -0.2) is 24.8 Å². The molecule has 0 unspecified atom stereocenters. The number of amides is 1. The normalized spacial score (nSPS) is 16.8. The predicted octanol–water partition coefficient (Wildman–Crippen LogP) is 1.42. The van der Waals surface area contributed by atoms with Gasteiger partial charge in [0.2, 0.25) is 0 Å². The predicted molar refractivity (Wildman–Crippen MR) is 79.9 cm³/mol. The van der Waals surface area contributed by atoms with E-state index in [0.29, 0.717) is 25.3 Å². The molecule has 20 heavy (non-hydrogen) atoms. The van der Waals surface area contributed by atoms with Gasteiger partial charge < -0.3 is 15.5 Å². The number of nitrogens with zero attached hydrogens (tertiary/aromatic N) is 2. The molecule has 1 amide bonds. The third-order valence-electron chi connectivity index (χ3n) is 3.60. The number of Topliss-reactive ketones (excluding diaryl/α,β-unsaturated/α-hetero) is 1. The van der Waals surface area contributed by atoms with Gasteiger partial charge in [-0.25, -0.2) is 0 Å². The Kier molecular flexibility index (Phi) is 3.72. The van der Waals surface area contributed by atoms with Crippen molar-refractivity contribution in [1.82, 2.24) is 0 Å². The van der Waals surface area contributed by atoms with Crippen molar-refractivity contribution in [3.8, 4) is 0 Å². The summed E-state index contributed by atoms with van der Waals surface area (Å²) in [5.74, 6) is -0.159. The number of carbonyl (C=O) groups excluding carboxylic acids is 2. The maximum absolute atomic E-state index is 12.0. The zero-order valence-corrected chi connectivity index (χ0v) is 11.9. The molecule has 6 heteroatoms. The highest BCUT2D eigenvalue weighted by Crippen LogP contribution is 2.44. The first-order valence-corrected chi connectivity index (χ1v) is 6.36. The van der Waals surface area contributed by atoms with Gasteiger partial charge in [-0.05, 0) is 19.1 Å². The number of carbonyl (C=O) groups is 2. The quantitative estimate of drug-likeness (QED) is 0.838. The number of ketones is 1.